The number of hydrogen-bond donors (Lipinski definition) is 3. The van der Waals surface area contributed by atoms with E-state index in [2.05, 4.69) is 19.1 Å². The third-order valence-electron chi connectivity index (χ3n) is 1.89. The zero-order valence-electron chi connectivity index (χ0n) is 11.4. The SMILES string of the molecule is CCC(=O)OCC(O)COP(=O)(O)OCCNC(C)=O. The van der Waals surface area contributed by atoms with Crippen LogP contribution in [-0.4, -0.2) is 54.3 Å². The van der Waals surface area contributed by atoms with Crippen LogP contribution in [0.25, 0.3) is 0 Å². The molecule has 0 saturated carbocycles. The molecule has 0 saturated heterocycles. The van der Waals surface area contributed by atoms with Crippen molar-refractivity contribution in [3.05, 3.63) is 0 Å². The number of phosphoric ester groups is 1. The van der Waals surface area contributed by atoms with Crippen LogP contribution in [0.4, 0.5) is 0 Å². The molecule has 10 heteroatoms. The third-order valence-corrected chi connectivity index (χ3v) is 2.87. The Morgan fingerprint density at radius 1 is 1.30 bits per heavy atom. The second kappa shape index (κ2) is 9.84. The van der Waals surface area contributed by atoms with Gasteiger partial charge >= 0.3 is 13.8 Å². The Hall–Kier alpha value is -0.990. The van der Waals surface area contributed by atoms with Crippen LogP contribution in [0, 0.1) is 0 Å². The van der Waals surface area contributed by atoms with Gasteiger partial charge in [-0.3, -0.25) is 18.6 Å². The summed E-state index contributed by atoms with van der Waals surface area (Å²) in [5.74, 6) is -0.793. The Bertz CT molecular complexity index is 361. The van der Waals surface area contributed by atoms with Gasteiger partial charge in [-0.25, -0.2) is 4.57 Å². The van der Waals surface area contributed by atoms with Crippen molar-refractivity contribution in [2.24, 2.45) is 0 Å². The van der Waals surface area contributed by atoms with E-state index in [1.165, 1.54) is 6.92 Å². The Kier molecular flexibility index (Phi) is 9.35. The van der Waals surface area contributed by atoms with Crippen molar-refractivity contribution in [3.8, 4) is 0 Å². The van der Waals surface area contributed by atoms with E-state index >= 15 is 0 Å². The topological polar surface area (TPSA) is 131 Å². The van der Waals surface area contributed by atoms with E-state index in [-0.39, 0.29) is 32.1 Å². The van der Waals surface area contributed by atoms with Gasteiger partial charge in [0.2, 0.25) is 5.91 Å². The number of aliphatic hydroxyl groups excluding tert-OH is 1. The van der Waals surface area contributed by atoms with Gasteiger partial charge in [-0.2, -0.15) is 0 Å². The fraction of sp³-hybridized carbons (Fsp3) is 0.800. The lowest BCUT2D eigenvalue weighted by atomic mass is 10.4. The van der Waals surface area contributed by atoms with Crippen LogP contribution in [-0.2, 0) is 27.9 Å². The van der Waals surface area contributed by atoms with Crippen molar-refractivity contribution in [1.29, 1.82) is 0 Å². The van der Waals surface area contributed by atoms with E-state index in [0.29, 0.717) is 0 Å². The Balaban J connectivity index is 3.82. The van der Waals surface area contributed by atoms with E-state index < -0.39 is 26.5 Å². The number of esters is 1. The molecule has 0 aromatic heterocycles. The molecule has 2 unspecified atom stereocenters. The molecule has 0 rings (SSSR count). The summed E-state index contributed by atoms with van der Waals surface area (Å²) in [4.78, 5) is 30.6. The number of phosphoric acid groups is 1. The number of carbonyl (C=O) groups excluding carboxylic acids is 2. The predicted octanol–water partition coefficient (Wildman–Crippen LogP) is -0.430. The van der Waals surface area contributed by atoms with Crippen LogP contribution in [0.2, 0.25) is 0 Å². The highest BCUT2D eigenvalue weighted by molar-refractivity contribution is 7.47. The van der Waals surface area contributed by atoms with Gasteiger partial charge in [0, 0.05) is 19.9 Å². The van der Waals surface area contributed by atoms with Crippen molar-refractivity contribution in [2.45, 2.75) is 26.4 Å². The molecule has 0 aliphatic carbocycles. The molecule has 20 heavy (non-hydrogen) atoms. The largest absolute Gasteiger partial charge is 0.472 e. The van der Waals surface area contributed by atoms with Gasteiger partial charge in [0.15, 0.2) is 0 Å². The van der Waals surface area contributed by atoms with Crippen molar-refractivity contribution in [3.63, 3.8) is 0 Å². The first-order chi connectivity index (χ1) is 9.26. The van der Waals surface area contributed by atoms with Crippen molar-refractivity contribution >= 4 is 19.7 Å². The lowest BCUT2D eigenvalue weighted by molar-refractivity contribution is -0.146. The van der Waals surface area contributed by atoms with Crippen molar-refractivity contribution < 1.29 is 37.9 Å². The molecule has 9 nitrogen and oxygen atoms in total. The second-order valence-electron chi connectivity index (χ2n) is 3.77. The molecular weight excluding hydrogens is 293 g/mol. The Morgan fingerprint density at radius 3 is 2.50 bits per heavy atom. The monoisotopic (exact) mass is 313 g/mol. The minimum atomic E-state index is -4.31. The maximum Gasteiger partial charge on any atom is 0.472 e. The summed E-state index contributed by atoms with van der Waals surface area (Å²) in [6.45, 7) is 1.87. The van der Waals surface area contributed by atoms with Crippen LogP contribution in [0.15, 0.2) is 0 Å². The van der Waals surface area contributed by atoms with E-state index in [1.54, 1.807) is 6.92 Å². The molecule has 0 aliphatic rings. The summed E-state index contributed by atoms with van der Waals surface area (Å²) < 4.78 is 25.0. The third kappa shape index (κ3) is 10.9. The van der Waals surface area contributed by atoms with Gasteiger partial charge in [-0.1, -0.05) is 6.92 Å². The molecule has 1 amide bonds. The number of rotatable bonds is 10. The molecule has 3 N–H and O–H groups in total. The highest BCUT2D eigenvalue weighted by atomic mass is 31.2. The summed E-state index contributed by atoms with van der Waals surface area (Å²) in [6.07, 6.45) is -1.07. The average molecular weight is 313 g/mol. The van der Waals surface area contributed by atoms with E-state index in [0.717, 1.165) is 0 Å². The molecule has 0 aliphatic heterocycles. The zero-order chi connectivity index (χ0) is 15.6. The number of nitrogens with one attached hydrogen (secondary N) is 1. The molecule has 0 spiro atoms. The van der Waals surface area contributed by atoms with Crippen molar-refractivity contribution in [1.82, 2.24) is 5.32 Å². The van der Waals surface area contributed by atoms with Crippen LogP contribution in [0.3, 0.4) is 0 Å². The second-order valence-corrected chi connectivity index (χ2v) is 5.22. The van der Waals surface area contributed by atoms with Crippen LogP contribution < -0.4 is 5.32 Å². The Labute approximate surface area is 116 Å². The minimum Gasteiger partial charge on any atom is -0.463 e. The quantitative estimate of drug-likeness (QED) is 0.281. The number of amides is 1. The average Bonchev–Trinajstić information content (AvgIpc) is 2.38. The summed E-state index contributed by atoms with van der Waals surface area (Å²) in [6, 6.07) is 0. The number of hydrogen-bond acceptors (Lipinski definition) is 7. The molecule has 0 heterocycles. The Morgan fingerprint density at radius 2 is 1.95 bits per heavy atom. The summed E-state index contributed by atoms with van der Waals surface area (Å²) in [7, 11) is -4.31. The first-order valence-electron chi connectivity index (χ1n) is 5.97. The van der Waals surface area contributed by atoms with Gasteiger partial charge in [0.1, 0.15) is 12.7 Å². The first kappa shape index (κ1) is 19.0. The van der Waals surface area contributed by atoms with Gasteiger partial charge in [-0.15, -0.1) is 0 Å². The standard InChI is InChI=1S/C10H20NO8P/c1-3-10(14)17-6-9(13)7-19-20(15,16)18-5-4-11-8(2)12/h9,13H,3-7H2,1-2H3,(H,11,12)(H,15,16). The smallest absolute Gasteiger partial charge is 0.463 e. The highest BCUT2D eigenvalue weighted by Gasteiger charge is 2.22. The van der Waals surface area contributed by atoms with Crippen LogP contribution >= 0.6 is 7.82 Å². The van der Waals surface area contributed by atoms with E-state index in [1.807, 2.05) is 0 Å². The summed E-state index contributed by atoms with van der Waals surface area (Å²) in [5, 5.41) is 11.7. The predicted molar refractivity (Wildman–Crippen MR) is 67.7 cm³/mol. The number of ether oxygens (including phenoxy) is 1. The van der Waals surface area contributed by atoms with Crippen LogP contribution in [0.1, 0.15) is 20.3 Å². The van der Waals surface area contributed by atoms with Gasteiger partial charge in [0.25, 0.3) is 0 Å². The molecule has 0 radical (unpaired) electrons. The van der Waals surface area contributed by atoms with Crippen LogP contribution in [0.5, 0.6) is 0 Å². The van der Waals surface area contributed by atoms with E-state index in [9.17, 15) is 24.2 Å². The highest BCUT2D eigenvalue weighted by Crippen LogP contribution is 2.42. The lowest BCUT2D eigenvalue weighted by Gasteiger charge is -2.15. The normalized spacial score (nSPS) is 15.2. The maximum absolute atomic E-state index is 11.3. The fourth-order valence-corrected chi connectivity index (χ4v) is 1.70. The molecule has 2 atom stereocenters. The van der Waals surface area contributed by atoms with Crippen molar-refractivity contribution in [2.75, 3.05) is 26.4 Å². The maximum atomic E-state index is 11.3. The number of aliphatic hydroxyl groups is 1. The molecule has 0 aromatic carbocycles. The number of carbonyl (C=O) groups is 2. The zero-order valence-corrected chi connectivity index (χ0v) is 12.3. The van der Waals surface area contributed by atoms with E-state index in [4.69, 9.17) is 0 Å². The van der Waals surface area contributed by atoms with Gasteiger partial charge in [-0.05, 0) is 0 Å². The molecule has 118 valence electrons. The summed E-state index contributed by atoms with van der Waals surface area (Å²) >= 11 is 0. The van der Waals surface area contributed by atoms with Gasteiger partial charge < -0.3 is 20.1 Å². The lowest BCUT2D eigenvalue weighted by Crippen LogP contribution is -2.25. The first-order valence-corrected chi connectivity index (χ1v) is 7.46. The fourth-order valence-electron chi connectivity index (χ4n) is 0.945. The molecule has 0 bridgehead atoms. The molecule has 0 aromatic rings. The molecule has 0 fully saturated rings. The minimum absolute atomic E-state index is 0.0555. The van der Waals surface area contributed by atoms with Gasteiger partial charge in [0.05, 0.1) is 13.2 Å². The summed E-state index contributed by atoms with van der Waals surface area (Å²) in [5.41, 5.74) is 0. The molecular formula is C10H20NO8P.